The number of benzene rings is 1. The van der Waals surface area contributed by atoms with Gasteiger partial charge in [0, 0.05) is 15.4 Å². The standard InChI is InChI=1S/C12H15BrN2OS/c1-8-12(11(14)16,6-7-17-8)15-10-4-2-9(13)3-5-10/h2-5,8,15H,6-7H2,1H3,(H2,14,16). The van der Waals surface area contributed by atoms with Crippen molar-refractivity contribution in [2.45, 2.75) is 24.1 Å². The number of halogens is 1. The fourth-order valence-electron chi connectivity index (χ4n) is 2.08. The summed E-state index contributed by atoms with van der Waals surface area (Å²) in [5.41, 5.74) is 5.90. The van der Waals surface area contributed by atoms with Gasteiger partial charge in [0.15, 0.2) is 0 Å². The van der Waals surface area contributed by atoms with E-state index in [0.717, 1.165) is 22.3 Å². The zero-order valence-corrected chi connectivity index (χ0v) is 12.0. The Hall–Kier alpha value is -0.680. The average molecular weight is 315 g/mol. The number of anilines is 1. The summed E-state index contributed by atoms with van der Waals surface area (Å²) in [6, 6.07) is 7.79. The van der Waals surface area contributed by atoms with Crippen molar-refractivity contribution in [1.82, 2.24) is 0 Å². The number of hydrogen-bond donors (Lipinski definition) is 2. The summed E-state index contributed by atoms with van der Waals surface area (Å²) in [5, 5.41) is 3.51. The highest BCUT2D eigenvalue weighted by Gasteiger charge is 2.46. The van der Waals surface area contributed by atoms with E-state index < -0.39 is 5.54 Å². The molecule has 2 rings (SSSR count). The maximum absolute atomic E-state index is 11.7. The first kappa shape index (κ1) is 12.8. The lowest BCUT2D eigenvalue weighted by Gasteiger charge is -2.31. The first-order valence-corrected chi connectivity index (χ1v) is 7.34. The molecule has 0 saturated carbocycles. The van der Waals surface area contributed by atoms with Crippen LogP contribution in [-0.4, -0.2) is 22.4 Å². The van der Waals surface area contributed by atoms with Crippen molar-refractivity contribution in [3.63, 3.8) is 0 Å². The van der Waals surface area contributed by atoms with Crippen LogP contribution in [0.3, 0.4) is 0 Å². The van der Waals surface area contributed by atoms with Gasteiger partial charge in [0.25, 0.3) is 0 Å². The molecule has 2 unspecified atom stereocenters. The molecule has 17 heavy (non-hydrogen) atoms. The van der Waals surface area contributed by atoms with Crippen LogP contribution in [0.4, 0.5) is 5.69 Å². The van der Waals surface area contributed by atoms with Crippen LogP contribution in [0.2, 0.25) is 0 Å². The summed E-state index contributed by atoms with van der Waals surface area (Å²) < 4.78 is 1.02. The number of carbonyl (C=O) groups is 1. The predicted molar refractivity (Wildman–Crippen MR) is 76.2 cm³/mol. The molecule has 0 bridgehead atoms. The Balaban J connectivity index is 2.24. The fraction of sp³-hybridized carbons (Fsp3) is 0.417. The molecule has 1 aliphatic rings. The van der Waals surface area contributed by atoms with Gasteiger partial charge in [0.2, 0.25) is 5.91 Å². The maximum atomic E-state index is 11.7. The van der Waals surface area contributed by atoms with Crippen molar-refractivity contribution in [3.05, 3.63) is 28.7 Å². The molecule has 2 atom stereocenters. The highest BCUT2D eigenvalue weighted by molar-refractivity contribution is 9.10. The zero-order valence-electron chi connectivity index (χ0n) is 9.57. The van der Waals surface area contributed by atoms with Crippen molar-refractivity contribution < 1.29 is 4.79 Å². The number of amides is 1. The lowest BCUT2D eigenvalue weighted by molar-refractivity contribution is -0.122. The van der Waals surface area contributed by atoms with Crippen LogP contribution in [0, 0.1) is 0 Å². The Morgan fingerprint density at radius 2 is 2.18 bits per heavy atom. The topological polar surface area (TPSA) is 55.1 Å². The molecule has 1 aliphatic heterocycles. The van der Waals surface area contributed by atoms with Crippen LogP contribution in [0.1, 0.15) is 13.3 Å². The number of hydrogen-bond acceptors (Lipinski definition) is 3. The molecule has 1 aromatic carbocycles. The van der Waals surface area contributed by atoms with Gasteiger partial charge in [-0.25, -0.2) is 0 Å². The molecule has 1 amide bonds. The number of nitrogens with two attached hydrogens (primary N) is 1. The molecule has 0 aliphatic carbocycles. The molecule has 0 aromatic heterocycles. The lowest BCUT2D eigenvalue weighted by Crippen LogP contribution is -2.54. The van der Waals surface area contributed by atoms with E-state index in [2.05, 4.69) is 21.2 Å². The minimum Gasteiger partial charge on any atom is -0.370 e. The van der Waals surface area contributed by atoms with E-state index in [-0.39, 0.29) is 11.2 Å². The van der Waals surface area contributed by atoms with E-state index in [4.69, 9.17) is 5.73 Å². The number of carbonyl (C=O) groups excluding carboxylic acids is 1. The van der Waals surface area contributed by atoms with Crippen LogP contribution >= 0.6 is 27.7 Å². The lowest BCUT2D eigenvalue weighted by atomic mass is 9.91. The van der Waals surface area contributed by atoms with E-state index in [1.54, 1.807) is 11.8 Å². The minimum absolute atomic E-state index is 0.198. The Morgan fingerprint density at radius 1 is 1.53 bits per heavy atom. The van der Waals surface area contributed by atoms with E-state index in [1.165, 1.54) is 0 Å². The molecule has 1 heterocycles. The van der Waals surface area contributed by atoms with Gasteiger partial charge in [-0.1, -0.05) is 22.9 Å². The smallest absolute Gasteiger partial charge is 0.244 e. The fourth-order valence-corrected chi connectivity index (χ4v) is 3.72. The van der Waals surface area contributed by atoms with Gasteiger partial charge >= 0.3 is 0 Å². The summed E-state index contributed by atoms with van der Waals surface area (Å²) in [7, 11) is 0. The molecule has 1 aromatic rings. The van der Waals surface area contributed by atoms with Crippen molar-refractivity contribution in [3.8, 4) is 0 Å². The molecule has 3 N–H and O–H groups in total. The molecule has 0 spiro atoms. The molecular weight excluding hydrogens is 300 g/mol. The van der Waals surface area contributed by atoms with Gasteiger partial charge in [-0.2, -0.15) is 11.8 Å². The Morgan fingerprint density at radius 3 is 2.65 bits per heavy atom. The van der Waals surface area contributed by atoms with Crippen molar-refractivity contribution in [2.24, 2.45) is 5.73 Å². The predicted octanol–water partition coefficient (Wildman–Crippen LogP) is 2.61. The van der Waals surface area contributed by atoms with Gasteiger partial charge in [-0.3, -0.25) is 4.79 Å². The maximum Gasteiger partial charge on any atom is 0.244 e. The highest BCUT2D eigenvalue weighted by atomic mass is 79.9. The number of nitrogens with one attached hydrogen (secondary N) is 1. The summed E-state index contributed by atoms with van der Waals surface area (Å²) in [6.07, 6.45) is 0.782. The van der Waals surface area contributed by atoms with E-state index in [1.807, 2.05) is 31.2 Å². The van der Waals surface area contributed by atoms with Crippen LogP contribution in [0.15, 0.2) is 28.7 Å². The van der Waals surface area contributed by atoms with Gasteiger partial charge in [-0.15, -0.1) is 0 Å². The summed E-state index contributed by atoms with van der Waals surface area (Å²) >= 11 is 5.17. The first-order chi connectivity index (χ1) is 8.04. The third kappa shape index (κ3) is 2.45. The molecule has 3 nitrogen and oxygen atoms in total. The van der Waals surface area contributed by atoms with Crippen LogP contribution < -0.4 is 11.1 Å². The Labute approximate surface area is 114 Å². The SMILES string of the molecule is CC1SCCC1(Nc1ccc(Br)cc1)C(N)=O. The second-order valence-electron chi connectivity index (χ2n) is 4.23. The molecule has 5 heteroatoms. The molecule has 0 radical (unpaired) electrons. The van der Waals surface area contributed by atoms with Crippen molar-refractivity contribution >= 4 is 39.3 Å². The normalized spacial score (nSPS) is 28.0. The van der Waals surface area contributed by atoms with E-state index in [0.29, 0.717) is 0 Å². The van der Waals surface area contributed by atoms with Gasteiger partial charge in [-0.05, 0) is 36.4 Å². The van der Waals surface area contributed by atoms with Gasteiger partial charge in [0.05, 0.1) is 0 Å². The third-order valence-electron chi connectivity index (χ3n) is 3.21. The number of thioether (sulfide) groups is 1. The van der Waals surface area contributed by atoms with Crippen molar-refractivity contribution in [2.75, 3.05) is 11.1 Å². The monoisotopic (exact) mass is 314 g/mol. The van der Waals surface area contributed by atoms with Crippen LogP contribution in [0.5, 0.6) is 0 Å². The molecule has 1 saturated heterocycles. The van der Waals surface area contributed by atoms with Crippen LogP contribution in [0.25, 0.3) is 0 Å². The average Bonchev–Trinajstić information content (AvgIpc) is 2.65. The van der Waals surface area contributed by atoms with E-state index >= 15 is 0 Å². The van der Waals surface area contributed by atoms with Crippen LogP contribution in [-0.2, 0) is 4.79 Å². The summed E-state index contributed by atoms with van der Waals surface area (Å²) in [5.74, 6) is 0.700. The number of primary amides is 1. The summed E-state index contributed by atoms with van der Waals surface area (Å²) in [4.78, 5) is 11.7. The molecule has 1 fully saturated rings. The van der Waals surface area contributed by atoms with Gasteiger partial charge < -0.3 is 11.1 Å². The number of rotatable bonds is 3. The highest BCUT2D eigenvalue weighted by Crippen LogP contribution is 2.38. The second-order valence-corrected chi connectivity index (χ2v) is 6.59. The second kappa shape index (κ2) is 4.90. The largest absolute Gasteiger partial charge is 0.370 e. The zero-order chi connectivity index (χ0) is 12.5. The van der Waals surface area contributed by atoms with Crippen molar-refractivity contribution in [1.29, 1.82) is 0 Å². The molecule has 92 valence electrons. The van der Waals surface area contributed by atoms with Gasteiger partial charge in [0.1, 0.15) is 5.54 Å². The quantitative estimate of drug-likeness (QED) is 0.901. The first-order valence-electron chi connectivity index (χ1n) is 5.50. The Bertz CT molecular complexity index is 423. The summed E-state index contributed by atoms with van der Waals surface area (Å²) in [6.45, 7) is 2.05. The third-order valence-corrected chi connectivity index (χ3v) is 5.08. The Kier molecular flexibility index (Phi) is 3.68. The minimum atomic E-state index is -0.613. The molecular formula is C12H15BrN2OS. The van der Waals surface area contributed by atoms with E-state index in [9.17, 15) is 4.79 Å².